The average Bonchev–Trinajstić information content (AvgIpc) is 2.38. The fraction of sp³-hybridized carbons (Fsp3) is 0.462. The molecule has 5 heteroatoms. The number of benzene rings is 1. The Morgan fingerprint density at radius 3 is 2.83 bits per heavy atom. The van der Waals surface area contributed by atoms with E-state index in [9.17, 15) is 4.79 Å². The molecule has 0 spiro atoms. The largest absolute Gasteiger partial charge is 0.483 e. The van der Waals surface area contributed by atoms with Crippen molar-refractivity contribution in [2.24, 2.45) is 0 Å². The van der Waals surface area contributed by atoms with Gasteiger partial charge in [-0.1, -0.05) is 18.2 Å². The number of carbonyl (C=O) groups excluding carboxylic acids is 1. The molecule has 0 heterocycles. The standard InChI is InChI=1S/C13H20N2O3/c1-14-9-11-5-3-4-6-12(11)18-10-13(16)15-7-8-17-2/h3-6,14H,7-10H2,1-2H3,(H,15,16). The van der Waals surface area contributed by atoms with Crippen LogP contribution in [0.5, 0.6) is 5.75 Å². The molecular weight excluding hydrogens is 232 g/mol. The van der Waals surface area contributed by atoms with Gasteiger partial charge in [0.05, 0.1) is 6.61 Å². The van der Waals surface area contributed by atoms with Crippen molar-refractivity contribution in [3.63, 3.8) is 0 Å². The minimum atomic E-state index is -0.147. The van der Waals surface area contributed by atoms with Crippen molar-refractivity contribution in [2.75, 3.05) is 33.9 Å². The Morgan fingerprint density at radius 1 is 1.33 bits per heavy atom. The summed E-state index contributed by atoms with van der Waals surface area (Å²) < 4.78 is 10.3. The molecule has 0 atom stereocenters. The fourth-order valence-corrected chi connectivity index (χ4v) is 1.47. The van der Waals surface area contributed by atoms with Crippen LogP contribution in [0.4, 0.5) is 0 Å². The van der Waals surface area contributed by atoms with E-state index in [-0.39, 0.29) is 12.5 Å². The van der Waals surface area contributed by atoms with Gasteiger partial charge in [-0.05, 0) is 13.1 Å². The van der Waals surface area contributed by atoms with Gasteiger partial charge in [0, 0.05) is 25.8 Å². The molecule has 0 radical (unpaired) electrons. The van der Waals surface area contributed by atoms with E-state index in [1.807, 2.05) is 31.3 Å². The van der Waals surface area contributed by atoms with Crippen LogP contribution in [0.15, 0.2) is 24.3 Å². The molecule has 0 unspecified atom stereocenters. The van der Waals surface area contributed by atoms with E-state index in [1.54, 1.807) is 7.11 Å². The van der Waals surface area contributed by atoms with E-state index in [4.69, 9.17) is 9.47 Å². The average molecular weight is 252 g/mol. The number of amides is 1. The number of hydrogen-bond acceptors (Lipinski definition) is 4. The van der Waals surface area contributed by atoms with E-state index in [1.165, 1.54) is 0 Å². The molecule has 0 aliphatic heterocycles. The molecule has 0 fully saturated rings. The Kier molecular flexibility index (Phi) is 6.83. The number of methoxy groups -OCH3 is 1. The first-order valence-corrected chi connectivity index (χ1v) is 5.89. The summed E-state index contributed by atoms with van der Waals surface area (Å²) >= 11 is 0. The molecular formula is C13H20N2O3. The second-order valence-electron chi connectivity index (χ2n) is 3.77. The Balaban J connectivity index is 2.40. The molecule has 1 rings (SSSR count). The number of ether oxygens (including phenoxy) is 2. The lowest BCUT2D eigenvalue weighted by atomic mass is 10.2. The summed E-state index contributed by atoms with van der Waals surface area (Å²) in [7, 11) is 3.46. The summed E-state index contributed by atoms with van der Waals surface area (Å²) in [5.41, 5.74) is 1.03. The Morgan fingerprint density at radius 2 is 2.11 bits per heavy atom. The smallest absolute Gasteiger partial charge is 0.258 e. The number of nitrogens with one attached hydrogen (secondary N) is 2. The predicted molar refractivity (Wildman–Crippen MR) is 69.6 cm³/mol. The summed E-state index contributed by atoms with van der Waals surface area (Å²) in [6.07, 6.45) is 0. The molecule has 5 nitrogen and oxygen atoms in total. The van der Waals surface area contributed by atoms with E-state index < -0.39 is 0 Å². The summed E-state index contributed by atoms with van der Waals surface area (Å²) in [5.74, 6) is 0.583. The maximum absolute atomic E-state index is 11.5. The van der Waals surface area contributed by atoms with Crippen molar-refractivity contribution in [3.05, 3.63) is 29.8 Å². The molecule has 100 valence electrons. The second kappa shape index (κ2) is 8.49. The summed E-state index contributed by atoms with van der Waals surface area (Å²) in [5, 5.41) is 5.76. The summed E-state index contributed by atoms with van der Waals surface area (Å²) in [6, 6.07) is 7.65. The maximum atomic E-state index is 11.5. The van der Waals surface area contributed by atoms with Gasteiger partial charge in [0.2, 0.25) is 0 Å². The molecule has 1 aromatic carbocycles. The first-order valence-electron chi connectivity index (χ1n) is 5.89. The molecule has 0 saturated heterocycles. The first kappa shape index (κ1) is 14.5. The van der Waals surface area contributed by atoms with Crippen molar-refractivity contribution in [1.82, 2.24) is 10.6 Å². The maximum Gasteiger partial charge on any atom is 0.258 e. The van der Waals surface area contributed by atoms with Crippen LogP contribution >= 0.6 is 0 Å². The third-order valence-electron chi connectivity index (χ3n) is 2.33. The highest BCUT2D eigenvalue weighted by Gasteiger charge is 2.05. The zero-order chi connectivity index (χ0) is 13.2. The van der Waals surface area contributed by atoms with Crippen molar-refractivity contribution >= 4 is 5.91 Å². The van der Waals surface area contributed by atoms with Crippen LogP contribution in [0, 0.1) is 0 Å². The predicted octanol–water partition coefficient (Wildman–Crippen LogP) is 0.547. The normalized spacial score (nSPS) is 10.1. The van der Waals surface area contributed by atoms with Crippen molar-refractivity contribution < 1.29 is 14.3 Å². The van der Waals surface area contributed by atoms with Crippen LogP contribution in [0.2, 0.25) is 0 Å². The zero-order valence-electron chi connectivity index (χ0n) is 10.9. The van der Waals surface area contributed by atoms with Gasteiger partial charge in [-0.15, -0.1) is 0 Å². The van der Waals surface area contributed by atoms with Crippen molar-refractivity contribution in [1.29, 1.82) is 0 Å². The Hall–Kier alpha value is -1.59. The van der Waals surface area contributed by atoms with E-state index in [0.717, 1.165) is 11.3 Å². The molecule has 0 aliphatic carbocycles. The number of carbonyl (C=O) groups is 1. The van der Waals surface area contributed by atoms with Crippen molar-refractivity contribution in [3.8, 4) is 5.75 Å². The highest BCUT2D eigenvalue weighted by molar-refractivity contribution is 5.77. The van der Waals surface area contributed by atoms with Crippen LogP contribution in [0.25, 0.3) is 0 Å². The second-order valence-corrected chi connectivity index (χ2v) is 3.77. The minimum Gasteiger partial charge on any atom is -0.483 e. The highest BCUT2D eigenvalue weighted by Crippen LogP contribution is 2.17. The number of rotatable bonds is 8. The highest BCUT2D eigenvalue weighted by atomic mass is 16.5. The SMILES string of the molecule is CNCc1ccccc1OCC(=O)NCCOC. The van der Waals surface area contributed by atoms with Crippen LogP contribution in [0.1, 0.15) is 5.56 Å². The van der Waals surface area contributed by atoms with E-state index in [0.29, 0.717) is 19.7 Å². The molecule has 0 aromatic heterocycles. The minimum absolute atomic E-state index is 0.0183. The quantitative estimate of drug-likeness (QED) is 0.663. The van der Waals surface area contributed by atoms with Gasteiger partial charge in [0.25, 0.3) is 5.91 Å². The molecule has 2 N–H and O–H groups in total. The monoisotopic (exact) mass is 252 g/mol. The third kappa shape index (κ3) is 5.16. The van der Waals surface area contributed by atoms with Crippen LogP contribution in [-0.4, -0.2) is 39.8 Å². The molecule has 1 amide bonds. The van der Waals surface area contributed by atoms with Gasteiger partial charge in [-0.25, -0.2) is 0 Å². The first-order chi connectivity index (χ1) is 8.77. The van der Waals surface area contributed by atoms with Gasteiger partial charge in [0.1, 0.15) is 5.75 Å². The fourth-order valence-electron chi connectivity index (χ4n) is 1.47. The van der Waals surface area contributed by atoms with Gasteiger partial charge < -0.3 is 20.1 Å². The summed E-state index contributed by atoms with van der Waals surface area (Å²) in [6.45, 7) is 1.73. The van der Waals surface area contributed by atoms with E-state index >= 15 is 0 Å². The number of hydrogen-bond donors (Lipinski definition) is 2. The van der Waals surface area contributed by atoms with Gasteiger partial charge in [-0.3, -0.25) is 4.79 Å². The molecule has 0 bridgehead atoms. The zero-order valence-corrected chi connectivity index (χ0v) is 10.9. The lowest BCUT2D eigenvalue weighted by Gasteiger charge is -2.11. The van der Waals surface area contributed by atoms with E-state index in [2.05, 4.69) is 10.6 Å². The lowest BCUT2D eigenvalue weighted by Crippen LogP contribution is -2.31. The van der Waals surface area contributed by atoms with Gasteiger partial charge >= 0.3 is 0 Å². The topological polar surface area (TPSA) is 59.6 Å². The number of para-hydroxylation sites is 1. The molecule has 1 aromatic rings. The van der Waals surface area contributed by atoms with Gasteiger partial charge in [0.15, 0.2) is 6.61 Å². The Bertz CT molecular complexity index is 369. The molecule has 0 saturated carbocycles. The van der Waals surface area contributed by atoms with Crippen LogP contribution in [0.3, 0.4) is 0 Å². The van der Waals surface area contributed by atoms with Gasteiger partial charge in [-0.2, -0.15) is 0 Å². The summed E-state index contributed by atoms with van der Waals surface area (Å²) in [4.78, 5) is 11.5. The molecule has 0 aliphatic rings. The Labute approximate surface area is 107 Å². The van der Waals surface area contributed by atoms with Crippen LogP contribution in [-0.2, 0) is 16.1 Å². The molecule has 18 heavy (non-hydrogen) atoms. The van der Waals surface area contributed by atoms with Crippen molar-refractivity contribution in [2.45, 2.75) is 6.54 Å². The third-order valence-corrected chi connectivity index (χ3v) is 2.33. The lowest BCUT2D eigenvalue weighted by molar-refractivity contribution is -0.123. The van der Waals surface area contributed by atoms with Crippen LogP contribution < -0.4 is 15.4 Å².